The van der Waals surface area contributed by atoms with Crippen molar-refractivity contribution in [2.24, 2.45) is 0 Å². The van der Waals surface area contributed by atoms with Crippen molar-refractivity contribution in [1.29, 1.82) is 0 Å². The zero-order valence-corrected chi connectivity index (χ0v) is 16.3. The quantitative estimate of drug-likeness (QED) is 0.612. The summed E-state index contributed by atoms with van der Waals surface area (Å²) in [6.07, 6.45) is 1.12. The van der Waals surface area contributed by atoms with E-state index in [1.165, 1.54) is 15.3 Å². The smallest absolute Gasteiger partial charge is 0.199 e. The number of thiophene rings is 2. The lowest BCUT2D eigenvalue weighted by Crippen LogP contribution is -2.35. The molecule has 0 aliphatic carbocycles. The van der Waals surface area contributed by atoms with Gasteiger partial charge in [-0.15, -0.1) is 27.8 Å². The minimum Gasteiger partial charge on any atom is -0.300 e. The summed E-state index contributed by atoms with van der Waals surface area (Å²) in [7, 11) is 0. The van der Waals surface area contributed by atoms with Crippen LogP contribution in [0.2, 0.25) is 0 Å². The molecule has 0 unspecified atom stereocenters. The van der Waals surface area contributed by atoms with Crippen molar-refractivity contribution in [3.05, 3.63) is 44.2 Å². The predicted octanol–water partition coefficient (Wildman–Crippen LogP) is 4.80. The number of hydrogen-bond acceptors (Lipinski definition) is 5. The molecule has 4 nitrogen and oxygen atoms in total. The Morgan fingerprint density at radius 3 is 2.92 bits per heavy atom. The van der Waals surface area contributed by atoms with Crippen molar-refractivity contribution in [2.45, 2.75) is 39.5 Å². The van der Waals surface area contributed by atoms with Crippen molar-refractivity contribution in [2.75, 3.05) is 6.54 Å². The second kappa shape index (κ2) is 6.55. The molecular weight excluding hydrogens is 356 g/mol. The van der Waals surface area contributed by atoms with Crippen LogP contribution in [0.15, 0.2) is 29.0 Å². The van der Waals surface area contributed by atoms with Crippen LogP contribution in [0.25, 0.3) is 10.7 Å². The van der Waals surface area contributed by atoms with Gasteiger partial charge in [-0.1, -0.05) is 6.07 Å². The van der Waals surface area contributed by atoms with Crippen molar-refractivity contribution < 1.29 is 0 Å². The van der Waals surface area contributed by atoms with Gasteiger partial charge in [-0.05, 0) is 60.9 Å². The average molecular weight is 377 g/mol. The average Bonchev–Trinajstić information content (AvgIpc) is 3.31. The van der Waals surface area contributed by atoms with E-state index in [-0.39, 0.29) is 0 Å². The molecule has 0 spiro atoms. The lowest BCUT2D eigenvalue weighted by atomic mass is 10.0. The van der Waals surface area contributed by atoms with Crippen molar-refractivity contribution in [1.82, 2.24) is 19.2 Å². The Labute approximate surface area is 155 Å². The van der Waals surface area contributed by atoms with Crippen LogP contribution in [-0.2, 0) is 19.6 Å². The first-order valence-corrected chi connectivity index (χ1v) is 10.4. The third kappa shape index (κ3) is 2.69. The lowest BCUT2D eigenvalue weighted by Gasteiger charge is -2.33. The fourth-order valence-electron chi connectivity index (χ4n) is 3.33. The normalized spacial score (nSPS) is 18.0. The molecule has 0 fully saturated rings. The molecule has 0 saturated carbocycles. The summed E-state index contributed by atoms with van der Waals surface area (Å²) in [4.78, 5) is 5.17. The van der Waals surface area contributed by atoms with Gasteiger partial charge in [0.25, 0.3) is 0 Å². The van der Waals surface area contributed by atoms with Crippen molar-refractivity contribution in [3.63, 3.8) is 0 Å². The van der Waals surface area contributed by atoms with E-state index in [9.17, 15) is 0 Å². The Morgan fingerprint density at radius 2 is 2.17 bits per heavy atom. The summed E-state index contributed by atoms with van der Waals surface area (Å²) in [5.74, 6) is 0.985. The first-order valence-electron chi connectivity index (χ1n) is 8.21. The third-order valence-corrected chi connectivity index (χ3v) is 6.99. The maximum Gasteiger partial charge on any atom is 0.199 e. The van der Waals surface area contributed by atoms with Crippen LogP contribution >= 0.6 is 34.9 Å². The summed E-state index contributed by atoms with van der Waals surface area (Å²) < 4.78 is 4.93. The molecule has 0 bridgehead atoms. The number of nitrogens with zero attached hydrogens (tertiary/aromatic N) is 4. The van der Waals surface area contributed by atoms with E-state index in [4.69, 9.17) is 17.3 Å². The van der Waals surface area contributed by atoms with Gasteiger partial charge in [0.05, 0.1) is 11.5 Å². The molecule has 4 rings (SSSR count). The summed E-state index contributed by atoms with van der Waals surface area (Å²) in [5, 5.41) is 9.13. The molecule has 0 N–H and O–H groups in total. The first-order chi connectivity index (χ1) is 11.7. The van der Waals surface area contributed by atoms with E-state index in [1.807, 2.05) is 16.0 Å². The van der Waals surface area contributed by atoms with Crippen LogP contribution in [-0.4, -0.2) is 25.8 Å². The Morgan fingerprint density at radius 1 is 1.29 bits per heavy atom. The predicted molar refractivity (Wildman–Crippen MR) is 103 cm³/mol. The van der Waals surface area contributed by atoms with Crippen LogP contribution in [0.4, 0.5) is 0 Å². The molecule has 1 atom stereocenters. The molecule has 0 aromatic carbocycles. The number of aromatic nitrogens is 3. The van der Waals surface area contributed by atoms with E-state index in [0.29, 0.717) is 6.04 Å². The van der Waals surface area contributed by atoms with E-state index >= 15 is 0 Å². The van der Waals surface area contributed by atoms with Crippen molar-refractivity contribution >= 4 is 34.9 Å². The van der Waals surface area contributed by atoms with Gasteiger partial charge in [0.1, 0.15) is 0 Å². The summed E-state index contributed by atoms with van der Waals surface area (Å²) in [5.41, 5.74) is 1.46. The van der Waals surface area contributed by atoms with Crippen LogP contribution in [0.5, 0.6) is 0 Å². The van der Waals surface area contributed by atoms with E-state index in [2.05, 4.69) is 52.3 Å². The summed E-state index contributed by atoms with van der Waals surface area (Å²) >= 11 is 9.29. The van der Waals surface area contributed by atoms with Crippen molar-refractivity contribution in [3.8, 4) is 10.7 Å². The Balaban J connectivity index is 1.65. The molecular formula is C17H20N4S3. The highest BCUT2D eigenvalue weighted by atomic mass is 32.1. The summed E-state index contributed by atoms with van der Waals surface area (Å²) in [6.45, 7) is 7.06. The highest BCUT2D eigenvalue weighted by Crippen LogP contribution is 2.33. The van der Waals surface area contributed by atoms with Gasteiger partial charge in [0.2, 0.25) is 0 Å². The van der Waals surface area contributed by atoms with Crippen LogP contribution in [0.1, 0.15) is 30.3 Å². The molecule has 1 aliphatic rings. The molecule has 0 radical (unpaired) electrons. The summed E-state index contributed by atoms with van der Waals surface area (Å²) in [6, 6.07) is 6.85. The SMILES string of the molecule is CCn1c(-c2cccs2)nn(CN2CCc3sccc3[C@H]2C)c1=S. The van der Waals surface area contributed by atoms with Gasteiger partial charge in [0.15, 0.2) is 10.6 Å². The topological polar surface area (TPSA) is 26.0 Å². The van der Waals surface area contributed by atoms with Gasteiger partial charge in [-0.25, -0.2) is 4.68 Å². The van der Waals surface area contributed by atoms with Gasteiger partial charge in [-0.3, -0.25) is 9.47 Å². The third-order valence-electron chi connectivity index (χ3n) is 4.70. The molecule has 4 heterocycles. The lowest BCUT2D eigenvalue weighted by molar-refractivity contribution is 0.144. The fourth-order valence-corrected chi connectivity index (χ4v) is 5.33. The maximum absolute atomic E-state index is 5.70. The molecule has 126 valence electrons. The largest absolute Gasteiger partial charge is 0.300 e. The molecule has 0 amide bonds. The zero-order chi connectivity index (χ0) is 16.7. The van der Waals surface area contributed by atoms with Crippen LogP contribution < -0.4 is 0 Å². The number of hydrogen-bond donors (Lipinski definition) is 0. The Kier molecular flexibility index (Phi) is 4.42. The van der Waals surface area contributed by atoms with Gasteiger partial charge < -0.3 is 0 Å². The standard InChI is InChI=1S/C17H20N4S3/c1-3-20-16(15-5-4-9-23-15)18-21(17(20)22)11-19-8-6-14-13(12(19)2)7-10-24-14/h4-5,7,9-10,12H,3,6,8,11H2,1-2H3/t12-/m1/s1. The number of rotatable bonds is 4. The minimum atomic E-state index is 0.416. The highest BCUT2D eigenvalue weighted by molar-refractivity contribution is 7.71. The van der Waals surface area contributed by atoms with E-state index in [0.717, 1.165) is 36.8 Å². The van der Waals surface area contributed by atoms with Crippen LogP contribution in [0.3, 0.4) is 0 Å². The van der Waals surface area contributed by atoms with E-state index in [1.54, 1.807) is 11.3 Å². The molecule has 0 saturated heterocycles. The molecule has 3 aromatic rings. The minimum absolute atomic E-state index is 0.416. The molecule has 3 aromatic heterocycles. The monoisotopic (exact) mass is 376 g/mol. The Hall–Kier alpha value is -1.28. The van der Waals surface area contributed by atoms with E-state index < -0.39 is 0 Å². The molecule has 1 aliphatic heterocycles. The second-order valence-corrected chi connectivity index (χ2v) is 8.32. The van der Waals surface area contributed by atoms with Gasteiger partial charge in [0, 0.05) is 24.0 Å². The zero-order valence-electron chi connectivity index (χ0n) is 13.8. The second-order valence-electron chi connectivity index (χ2n) is 6.01. The van der Waals surface area contributed by atoms with Gasteiger partial charge >= 0.3 is 0 Å². The molecule has 7 heteroatoms. The van der Waals surface area contributed by atoms with Gasteiger partial charge in [-0.2, -0.15) is 0 Å². The Bertz CT molecular complexity index is 887. The molecule has 24 heavy (non-hydrogen) atoms. The maximum atomic E-state index is 5.70. The number of fused-ring (bicyclic) bond motifs is 1. The van der Waals surface area contributed by atoms with Crippen LogP contribution in [0, 0.1) is 4.77 Å². The first kappa shape index (κ1) is 16.2. The highest BCUT2D eigenvalue weighted by Gasteiger charge is 2.25. The fraction of sp³-hybridized carbons (Fsp3) is 0.412.